The molecule has 0 unspecified atom stereocenters. The van der Waals surface area contributed by atoms with Crippen molar-refractivity contribution in [2.75, 3.05) is 11.5 Å². The average Bonchev–Trinajstić information content (AvgIpc) is 1.93. The van der Waals surface area contributed by atoms with Crippen LogP contribution in [-0.2, 0) is 0 Å². The van der Waals surface area contributed by atoms with Crippen molar-refractivity contribution in [3.63, 3.8) is 0 Å². The number of hydrogen-bond donors (Lipinski definition) is 2. The molecule has 54 valence electrons. The normalized spacial score (nSPS) is 9.80. The number of halogens is 2. The van der Waals surface area contributed by atoms with Crippen molar-refractivity contribution in [2.45, 2.75) is 0 Å². The summed E-state index contributed by atoms with van der Waals surface area (Å²) < 4.78 is 0.523. The highest BCUT2D eigenvalue weighted by Gasteiger charge is 2.03. The molecule has 1 aromatic heterocycles. The number of rotatable bonds is 0. The molecule has 1 aromatic rings. The summed E-state index contributed by atoms with van der Waals surface area (Å²) in [5, 5.41) is 0.376. The maximum Gasteiger partial charge on any atom is 0.131 e. The number of pyridine rings is 1. The fourth-order valence-corrected chi connectivity index (χ4v) is 0.959. The molecule has 0 aromatic carbocycles. The van der Waals surface area contributed by atoms with Gasteiger partial charge in [0.15, 0.2) is 0 Å². The minimum absolute atomic E-state index is 0.364. The summed E-state index contributed by atoms with van der Waals surface area (Å²) in [5.74, 6) is 0. The first kappa shape index (κ1) is 7.63. The van der Waals surface area contributed by atoms with Crippen LogP contribution in [0.15, 0.2) is 10.8 Å². The lowest BCUT2D eigenvalue weighted by Gasteiger charge is -2.01. The highest BCUT2D eigenvalue weighted by atomic mass is 79.9. The van der Waals surface area contributed by atoms with Crippen molar-refractivity contribution in [3.8, 4) is 0 Å². The first-order chi connectivity index (χ1) is 4.63. The van der Waals surface area contributed by atoms with Gasteiger partial charge in [-0.05, 0) is 15.9 Å². The molecule has 0 atom stereocenters. The van der Waals surface area contributed by atoms with Gasteiger partial charge in [-0.15, -0.1) is 0 Å². The third kappa shape index (κ3) is 1.17. The summed E-state index contributed by atoms with van der Waals surface area (Å²) in [5.41, 5.74) is 11.7. The van der Waals surface area contributed by atoms with Gasteiger partial charge in [-0.2, -0.15) is 0 Å². The quantitative estimate of drug-likeness (QED) is 0.656. The van der Waals surface area contributed by atoms with Gasteiger partial charge in [0.05, 0.1) is 16.4 Å². The van der Waals surface area contributed by atoms with Gasteiger partial charge in [0.1, 0.15) is 4.60 Å². The number of aromatic nitrogens is 1. The minimum Gasteiger partial charge on any atom is -0.396 e. The predicted molar refractivity (Wildman–Crippen MR) is 45.8 cm³/mol. The zero-order valence-electron chi connectivity index (χ0n) is 4.94. The number of nitrogens with zero attached hydrogens (tertiary/aromatic N) is 1. The fraction of sp³-hybridized carbons (Fsp3) is 0. The van der Waals surface area contributed by atoms with E-state index in [1.54, 1.807) is 0 Å². The molecule has 0 bridgehead atoms. The Morgan fingerprint density at radius 3 is 2.50 bits per heavy atom. The summed E-state index contributed by atoms with van der Waals surface area (Å²) in [4.78, 5) is 3.82. The Bertz CT molecular complexity index is 236. The summed E-state index contributed by atoms with van der Waals surface area (Å²) in [6.07, 6.45) is 1.44. The fourth-order valence-electron chi connectivity index (χ4n) is 0.492. The molecule has 0 spiro atoms. The van der Waals surface area contributed by atoms with E-state index in [2.05, 4.69) is 20.9 Å². The van der Waals surface area contributed by atoms with E-state index < -0.39 is 0 Å². The number of nitrogens with two attached hydrogens (primary N) is 2. The van der Waals surface area contributed by atoms with E-state index in [0.29, 0.717) is 21.0 Å². The maximum absolute atomic E-state index is 5.60. The van der Waals surface area contributed by atoms with E-state index >= 15 is 0 Å². The van der Waals surface area contributed by atoms with Crippen LogP contribution in [0.25, 0.3) is 0 Å². The smallest absolute Gasteiger partial charge is 0.131 e. The summed E-state index contributed by atoms with van der Waals surface area (Å²) in [6, 6.07) is 0. The Morgan fingerprint density at radius 1 is 1.40 bits per heavy atom. The van der Waals surface area contributed by atoms with Crippen molar-refractivity contribution in [1.29, 1.82) is 0 Å². The van der Waals surface area contributed by atoms with Crippen molar-refractivity contribution in [1.82, 2.24) is 4.98 Å². The van der Waals surface area contributed by atoms with Crippen LogP contribution >= 0.6 is 27.5 Å². The number of anilines is 2. The van der Waals surface area contributed by atoms with Gasteiger partial charge in [0.25, 0.3) is 0 Å². The second-order valence-corrected chi connectivity index (χ2v) is 2.88. The summed E-state index contributed by atoms with van der Waals surface area (Å²) in [7, 11) is 0. The van der Waals surface area contributed by atoms with Gasteiger partial charge in [-0.1, -0.05) is 11.6 Å². The molecule has 0 fully saturated rings. The highest BCUT2D eigenvalue weighted by molar-refractivity contribution is 9.10. The average molecular weight is 222 g/mol. The summed E-state index contributed by atoms with van der Waals surface area (Å²) in [6.45, 7) is 0. The molecule has 0 aliphatic rings. The first-order valence-electron chi connectivity index (χ1n) is 2.48. The molecular weight excluding hydrogens is 217 g/mol. The van der Waals surface area contributed by atoms with Crippen LogP contribution in [-0.4, -0.2) is 4.98 Å². The third-order valence-electron chi connectivity index (χ3n) is 1.06. The molecular formula is C5H5BrClN3. The Kier molecular flexibility index (Phi) is 2.01. The SMILES string of the molecule is Nc1c(Cl)cnc(Br)c1N. The van der Waals surface area contributed by atoms with Crippen molar-refractivity contribution < 1.29 is 0 Å². The zero-order valence-corrected chi connectivity index (χ0v) is 7.28. The van der Waals surface area contributed by atoms with Gasteiger partial charge in [-0.25, -0.2) is 4.98 Å². The van der Waals surface area contributed by atoms with E-state index in [0.717, 1.165) is 0 Å². The second-order valence-electron chi connectivity index (χ2n) is 1.72. The Balaban J connectivity index is 3.34. The summed E-state index contributed by atoms with van der Waals surface area (Å²) >= 11 is 8.70. The second kappa shape index (κ2) is 2.64. The van der Waals surface area contributed by atoms with E-state index in [1.807, 2.05) is 0 Å². The van der Waals surface area contributed by atoms with E-state index in [9.17, 15) is 0 Å². The van der Waals surface area contributed by atoms with Gasteiger partial charge in [0, 0.05) is 6.20 Å². The van der Waals surface area contributed by atoms with Gasteiger partial charge in [0.2, 0.25) is 0 Å². The first-order valence-corrected chi connectivity index (χ1v) is 3.65. The largest absolute Gasteiger partial charge is 0.396 e. The van der Waals surface area contributed by atoms with E-state index in [4.69, 9.17) is 23.1 Å². The van der Waals surface area contributed by atoms with Crippen LogP contribution in [0.1, 0.15) is 0 Å². The lowest BCUT2D eigenvalue weighted by molar-refractivity contribution is 1.28. The molecule has 1 heterocycles. The van der Waals surface area contributed by atoms with Gasteiger partial charge >= 0.3 is 0 Å². The molecule has 4 N–H and O–H groups in total. The molecule has 3 nitrogen and oxygen atoms in total. The Morgan fingerprint density at radius 2 is 2.00 bits per heavy atom. The lowest BCUT2D eigenvalue weighted by Crippen LogP contribution is -1.97. The van der Waals surface area contributed by atoms with Crippen LogP contribution in [0.2, 0.25) is 5.02 Å². The number of nitrogen functional groups attached to an aromatic ring is 2. The lowest BCUT2D eigenvalue weighted by atomic mass is 10.4. The Labute approximate surface area is 71.5 Å². The minimum atomic E-state index is 0.364. The molecule has 0 aliphatic heterocycles. The Hall–Kier alpha value is -0.480. The molecule has 1 rings (SSSR count). The van der Waals surface area contributed by atoms with Gasteiger partial charge < -0.3 is 11.5 Å². The van der Waals surface area contributed by atoms with Crippen LogP contribution in [0.4, 0.5) is 11.4 Å². The highest BCUT2D eigenvalue weighted by Crippen LogP contribution is 2.28. The maximum atomic E-state index is 5.60. The predicted octanol–water partition coefficient (Wildman–Crippen LogP) is 1.66. The van der Waals surface area contributed by atoms with Crippen LogP contribution in [0.5, 0.6) is 0 Å². The molecule has 5 heteroatoms. The van der Waals surface area contributed by atoms with Crippen molar-refractivity contribution in [3.05, 3.63) is 15.8 Å². The molecule has 0 radical (unpaired) electrons. The molecule has 10 heavy (non-hydrogen) atoms. The molecule has 0 aliphatic carbocycles. The third-order valence-corrected chi connectivity index (χ3v) is 1.99. The van der Waals surface area contributed by atoms with E-state index in [-0.39, 0.29) is 0 Å². The monoisotopic (exact) mass is 221 g/mol. The van der Waals surface area contributed by atoms with Crippen LogP contribution in [0, 0.1) is 0 Å². The van der Waals surface area contributed by atoms with Crippen molar-refractivity contribution in [2.24, 2.45) is 0 Å². The van der Waals surface area contributed by atoms with E-state index in [1.165, 1.54) is 6.20 Å². The van der Waals surface area contributed by atoms with Crippen LogP contribution in [0.3, 0.4) is 0 Å². The van der Waals surface area contributed by atoms with Gasteiger partial charge in [-0.3, -0.25) is 0 Å². The van der Waals surface area contributed by atoms with Crippen LogP contribution < -0.4 is 11.5 Å². The standard InChI is InChI=1S/C5H5BrClN3/c6-5-4(9)3(8)2(7)1-10-5/h1H,9H2,(H2,8,10). The molecule has 0 saturated heterocycles. The molecule has 0 saturated carbocycles. The zero-order chi connectivity index (χ0) is 7.72. The molecule has 0 amide bonds. The number of hydrogen-bond acceptors (Lipinski definition) is 3. The topological polar surface area (TPSA) is 64.9 Å². The van der Waals surface area contributed by atoms with Crippen molar-refractivity contribution >= 4 is 38.9 Å².